The third-order valence-corrected chi connectivity index (χ3v) is 6.66. The van der Waals surface area contributed by atoms with Crippen molar-refractivity contribution in [3.63, 3.8) is 0 Å². The predicted molar refractivity (Wildman–Crippen MR) is 140 cm³/mol. The Morgan fingerprint density at radius 2 is 1.84 bits per heavy atom. The molecule has 0 radical (unpaired) electrons. The van der Waals surface area contributed by atoms with Crippen molar-refractivity contribution in [1.82, 2.24) is 24.9 Å². The van der Waals surface area contributed by atoms with Gasteiger partial charge in [0.25, 0.3) is 5.91 Å². The topological polar surface area (TPSA) is 91.7 Å². The summed E-state index contributed by atoms with van der Waals surface area (Å²) < 4.78 is 34.3. The zero-order valence-electron chi connectivity index (χ0n) is 21.9. The van der Waals surface area contributed by atoms with Crippen molar-refractivity contribution in [3.05, 3.63) is 77.0 Å². The Hall–Kier alpha value is -3.83. The van der Waals surface area contributed by atoms with Gasteiger partial charge in [-0.05, 0) is 36.8 Å². The maximum absolute atomic E-state index is 14.0. The van der Waals surface area contributed by atoms with Gasteiger partial charge in [0, 0.05) is 52.3 Å². The Balaban J connectivity index is 1.60. The predicted octanol–water partition coefficient (Wildman–Crippen LogP) is 3.40. The number of ether oxygens (including phenoxy) is 1. The van der Waals surface area contributed by atoms with E-state index in [0.29, 0.717) is 48.9 Å². The molecule has 4 rings (SSSR count). The average Bonchev–Trinajstić information content (AvgIpc) is 3.45. The molecule has 38 heavy (non-hydrogen) atoms. The molecular formula is C27H32F2N6O3. The Kier molecular flexibility index (Phi) is 8.38. The van der Waals surface area contributed by atoms with Gasteiger partial charge in [-0.2, -0.15) is 5.10 Å². The van der Waals surface area contributed by atoms with E-state index in [0.717, 1.165) is 6.07 Å². The second-order valence-corrected chi connectivity index (χ2v) is 9.51. The molecule has 1 fully saturated rings. The highest BCUT2D eigenvalue weighted by Crippen LogP contribution is 2.29. The summed E-state index contributed by atoms with van der Waals surface area (Å²) in [5.74, 6) is -2.04. The molecule has 0 aliphatic carbocycles. The number of halogens is 2. The highest BCUT2D eigenvalue weighted by molar-refractivity contribution is 5.97. The number of rotatable bonds is 8. The van der Waals surface area contributed by atoms with Gasteiger partial charge in [-0.3, -0.25) is 15.0 Å². The summed E-state index contributed by atoms with van der Waals surface area (Å²) >= 11 is 0. The number of hydrogen-bond donors (Lipinski definition) is 2. The first-order valence-corrected chi connectivity index (χ1v) is 12.3. The van der Waals surface area contributed by atoms with Crippen LogP contribution in [-0.2, 0) is 4.74 Å². The number of hydrogen-bond acceptors (Lipinski definition) is 5. The fraction of sp³-hybridized carbons (Fsp3) is 0.370. The summed E-state index contributed by atoms with van der Waals surface area (Å²) in [4.78, 5) is 29.6. The number of anilines is 1. The van der Waals surface area contributed by atoms with E-state index >= 15 is 0 Å². The number of likely N-dealkylation sites (tertiary alicyclic amines) is 1. The van der Waals surface area contributed by atoms with E-state index in [1.165, 1.54) is 15.6 Å². The van der Waals surface area contributed by atoms with Crippen LogP contribution in [0, 0.1) is 18.6 Å². The summed E-state index contributed by atoms with van der Waals surface area (Å²) in [5, 5.41) is 10.4. The lowest BCUT2D eigenvalue weighted by atomic mass is 9.94. The molecule has 0 bridgehead atoms. The molecule has 2 N–H and O–H groups in total. The van der Waals surface area contributed by atoms with Crippen molar-refractivity contribution in [2.75, 3.05) is 52.8 Å². The molecule has 0 unspecified atom stereocenters. The van der Waals surface area contributed by atoms with Crippen LogP contribution in [0.15, 0.2) is 48.5 Å². The van der Waals surface area contributed by atoms with Crippen molar-refractivity contribution in [2.45, 2.75) is 18.9 Å². The minimum absolute atomic E-state index is 0.223. The SMILES string of the molecule is COCCN1C[C@@H](NC(=O)Nc2c(C)c(C(=O)N(C)C)nn2-c2ccccc2)[C@H](c2ccc(F)c(F)c2)C1. The first-order chi connectivity index (χ1) is 18.2. The van der Waals surface area contributed by atoms with Crippen LogP contribution >= 0.6 is 0 Å². The Labute approximate surface area is 220 Å². The van der Waals surface area contributed by atoms with Crippen molar-refractivity contribution in [2.24, 2.45) is 0 Å². The standard InChI is InChI=1S/C27H32F2N6O3/c1-17-24(26(36)33(2)3)32-35(19-8-6-5-7-9-19)25(17)31-27(37)30-23-16-34(12-13-38-4)15-20(23)18-10-11-21(28)22(29)14-18/h5-11,14,20,23H,12-13,15-16H2,1-4H3,(H2,30,31,37)/t20-,23+/m0/s1. The highest BCUT2D eigenvalue weighted by atomic mass is 19.2. The molecule has 1 saturated heterocycles. The highest BCUT2D eigenvalue weighted by Gasteiger charge is 2.35. The summed E-state index contributed by atoms with van der Waals surface area (Å²) in [6.45, 7) is 3.91. The molecule has 202 valence electrons. The first-order valence-electron chi connectivity index (χ1n) is 12.3. The summed E-state index contributed by atoms with van der Waals surface area (Å²) in [6, 6.07) is 12.1. The zero-order chi connectivity index (χ0) is 27.4. The average molecular weight is 527 g/mol. The van der Waals surface area contributed by atoms with Crippen LogP contribution in [0.1, 0.15) is 27.5 Å². The van der Waals surface area contributed by atoms with Crippen LogP contribution in [-0.4, -0.2) is 85.0 Å². The third-order valence-electron chi connectivity index (χ3n) is 6.66. The molecule has 0 saturated carbocycles. The maximum Gasteiger partial charge on any atom is 0.320 e. The molecular weight excluding hydrogens is 494 g/mol. The number of carbonyl (C=O) groups excluding carboxylic acids is 2. The van der Waals surface area contributed by atoms with Gasteiger partial charge in [0.1, 0.15) is 5.82 Å². The third kappa shape index (κ3) is 5.84. The number of para-hydroxylation sites is 1. The van der Waals surface area contributed by atoms with E-state index in [-0.39, 0.29) is 23.6 Å². The van der Waals surface area contributed by atoms with E-state index in [9.17, 15) is 18.4 Å². The molecule has 2 heterocycles. The van der Waals surface area contributed by atoms with Crippen LogP contribution in [0.25, 0.3) is 5.69 Å². The zero-order valence-corrected chi connectivity index (χ0v) is 21.9. The first kappa shape index (κ1) is 27.2. The van der Waals surface area contributed by atoms with Gasteiger partial charge in [-0.1, -0.05) is 24.3 Å². The number of nitrogens with one attached hydrogen (secondary N) is 2. The molecule has 1 aromatic heterocycles. The number of carbonyl (C=O) groups is 2. The fourth-order valence-corrected chi connectivity index (χ4v) is 4.64. The van der Waals surface area contributed by atoms with Gasteiger partial charge >= 0.3 is 6.03 Å². The molecule has 0 spiro atoms. The molecule has 11 heteroatoms. The lowest BCUT2D eigenvalue weighted by Crippen LogP contribution is -2.42. The number of urea groups is 1. The number of benzene rings is 2. The maximum atomic E-state index is 14.0. The Morgan fingerprint density at radius 3 is 2.50 bits per heavy atom. The lowest BCUT2D eigenvalue weighted by Gasteiger charge is -2.21. The van der Waals surface area contributed by atoms with Gasteiger partial charge in [0.2, 0.25) is 0 Å². The van der Waals surface area contributed by atoms with Crippen LogP contribution < -0.4 is 10.6 Å². The monoisotopic (exact) mass is 526 g/mol. The van der Waals surface area contributed by atoms with E-state index in [1.807, 2.05) is 30.3 Å². The normalized spacial score (nSPS) is 17.4. The quantitative estimate of drug-likeness (QED) is 0.470. The minimum atomic E-state index is -0.929. The van der Waals surface area contributed by atoms with Crippen molar-refractivity contribution < 1.29 is 23.1 Å². The molecule has 2 atom stereocenters. The van der Waals surface area contributed by atoms with Crippen LogP contribution in [0.3, 0.4) is 0 Å². The van der Waals surface area contributed by atoms with Crippen LogP contribution in [0.5, 0.6) is 0 Å². The minimum Gasteiger partial charge on any atom is -0.383 e. The molecule has 3 aromatic rings. The van der Waals surface area contributed by atoms with Crippen molar-refractivity contribution in [3.8, 4) is 5.69 Å². The molecule has 1 aliphatic rings. The van der Waals surface area contributed by atoms with E-state index in [1.54, 1.807) is 34.2 Å². The van der Waals surface area contributed by atoms with Crippen LogP contribution in [0.4, 0.5) is 19.4 Å². The summed E-state index contributed by atoms with van der Waals surface area (Å²) in [5.41, 5.74) is 2.02. The molecule has 9 nitrogen and oxygen atoms in total. The van der Waals surface area contributed by atoms with E-state index in [2.05, 4.69) is 20.6 Å². The Morgan fingerprint density at radius 1 is 1.11 bits per heavy atom. The van der Waals surface area contributed by atoms with Gasteiger partial charge in [0.05, 0.1) is 18.3 Å². The van der Waals surface area contributed by atoms with Crippen LogP contribution in [0.2, 0.25) is 0 Å². The number of nitrogens with zero attached hydrogens (tertiary/aromatic N) is 4. The summed E-state index contributed by atoms with van der Waals surface area (Å²) in [6.07, 6.45) is 0. The van der Waals surface area contributed by atoms with Gasteiger partial charge in [0.15, 0.2) is 17.3 Å². The number of aromatic nitrogens is 2. The second kappa shape index (κ2) is 11.7. The number of amides is 3. The fourth-order valence-electron chi connectivity index (χ4n) is 4.64. The molecule has 3 amide bonds. The number of methoxy groups -OCH3 is 1. The second-order valence-electron chi connectivity index (χ2n) is 9.51. The van der Waals surface area contributed by atoms with Gasteiger partial charge in [-0.15, -0.1) is 0 Å². The lowest BCUT2D eigenvalue weighted by molar-refractivity contribution is 0.0820. The molecule has 2 aromatic carbocycles. The van der Waals surface area contributed by atoms with Crippen molar-refractivity contribution >= 4 is 17.8 Å². The summed E-state index contributed by atoms with van der Waals surface area (Å²) in [7, 11) is 4.88. The molecule has 1 aliphatic heterocycles. The largest absolute Gasteiger partial charge is 0.383 e. The van der Waals surface area contributed by atoms with E-state index in [4.69, 9.17) is 4.74 Å². The Bertz CT molecular complexity index is 1300. The smallest absolute Gasteiger partial charge is 0.320 e. The van der Waals surface area contributed by atoms with Gasteiger partial charge in [-0.25, -0.2) is 18.3 Å². The van der Waals surface area contributed by atoms with Gasteiger partial charge < -0.3 is 15.0 Å². The van der Waals surface area contributed by atoms with E-state index < -0.39 is 17.7 Å². The van der Waals surface area contributed by atoms with Crippen molar-refractivity contribution in [1.29, 1.82) is 0 Å².